The molecule has 4 heteroatoms. The normalized spacial score (nSPS) is 19.1. The molecule has 1 atom stereocenters. The lowest BCUT2D eigenvalue weighted by molar-refractivity contribution is 0.446. The van der Waals surface area contributed by atoms with E-state index in [4.69, 9.17) is 4.98 Å². The van der Waals surface area contributed by atoms with Crippen LogP contribution in [0.15, 0.2) is 6.07 Å². The van der Waals surface area contributed by atoms with Gasteiger partial charge in [-0.1, -0.05) is 20.8 Å². The molecule has 0 amide bonds. The second kappa shape index (κ2) is 7.62. The minimum Gasteiger partial charge on any atom is -0.354 e. The van der Waals surface area contributed by atoms with E-state index in [1.807, 2.05) is 0 Å². The zero-order valence-corrected chi connectivity index (χ0v) is 14.0. The Hall–Kier alpha value is -1.32. The van der Waals surface area contributed by atoms with Gasteiger partial charge in [-0.25, -0.2) is 4.98 Å². The highest BCUT2D eigenvalue weighted by Crippen LogP contribution is 2.26. The fourth-order valence-electron chi connectivity index (χ4n) is 2.98. The predicted octanol–water partition coefficient (Wildman–Crippen LogP) is 4.01. The van der Waals surface area contributed by atoms with Gasteiger partial charge in [0.15, 0.2) is 0 Å². The highest BCUT2D eigenvalue weighted by molar-refractivity contribution is 5.46. The lowest BCUT2D eigenvalue weighted by Crippen LogP contribution is -2.39. The molecule has 118 valence electrons. The average Bonchev–Trinajstić information content (AvgIpc) is 2.46. The van der Waals surface area contributed by atoms with Crippen LogP contribution in [-0.4, -0.2) is 29.1 Å². The van der Waals surface area contributed by atoms with Gasteiger partial charge >= 0.3 is 0 Å². The number of anilines is 2. The summed E-state index contributed by atoms with van der Waals surface area (Å²) in [6, 6.07) is 2.76. The first-order chi connectivity index (χ1) is 10.1. The number of piperidine rings is 1. The van der Waals surface area contributed by atoms with E-state index in [9.17, 15) is 0 Å². The van der Waals surface area contributed by atoms with Crippen LogP contribution in [0.25, 0.3) is 0 Å². The Morgan fingerprint density at radius 2 is 2.14 bits per heavy atom. The third kappa shape index (κ3) is 4.58. The summed E-state index contributed by atoms with van der Waals surface area (Å²) in [5.41, 5.74) is 1.05. The fraction of sp³-hybridized carbons (Fsp3) is 0.765. The second-order valence-corrected chi connectivity index (χ2v) is 6.55. The average molecular weight is 290 g/mol. The zero-order chi connectivity index (χ0) is 15.2. The molecule has 2 heterocycles. The van der Waals surface area contributed by atoms with E-state index in [0.717, 1.165) is 37.0 Å². The van der Waals surface area contributed by atoms with Crippen molar-refractivity contribution in [3.8, 4) is 0 Å². The van der Waals surface area contributed by atoms with Crippen molar-refractivity contribution in [3.63, 3.8) is 0 Å². The van der Waals surface area contributed by atoms with Gasteiger partial charge in [-0.05, 0) is 44.9 Å². The van der Waals surface area contributed by atoms with Gasteiger partial charge < -0.3 is 10.2 Å². The van der Waals surface area contributed by atoms with E-state index in [-0.39, 0.29) is 0 Å². The standard InChI is InChI=1S/C17H30N4/c1-5-15-8-6-7-11-21(15)16-12-14(4)19-17(20-16)18-10-9-13(2)3/h12-13,15H,5-11H2,1-4H3,(H,18,19,20). The maximum Gasteiger partial charge on any atom is 0.224 e. The Kier molecular flexibility index (Phi) is 5.83. The molecule has 1 fully saturated rings. The summed E-state index contributed by atoms with van der Waals surface area (Å²) in [6.07, 6.45) is 6.25. The molecule has 1 unspecified atom stereocenters. The van der Waals surface area contributed by atoms with Crippen LogP contribution in [0.1, 0.15) is 58.6 Å². The second-order valence-electron chi connectivity index (χ2n) is 6.55. The van der Waals surface area contributed by atoms with Crippen LogP contribution in [0.5, 0.6) is 0 Å². The van der Waals surface area contributed by atoms with Gasteiger partial charge in [0.25, 0.3) is 0 Å². The molecular formula is C17H30N4. The molecule has 1 aromatic heterocycles. The van der Waals surface area contributed by atoms with Crippen LogP contribution in [0.4, 0.5) is 11.8 Å². The third-order valence-electron chi connectivity index (χ3n) is 4.24. The largest absolute Gasteiger partial charge is 0.354 e. The van der Waals surface area contributed by atoms with Crippen molar-refractivity contribution in [2.45, 2.75) is 65.8 Å². The topological polar surface area (TPSA) is 41.1 Å². The van der Waals surface area contributed by atoms with Gasteiger partial charge in [-0.2, -0.15) is 4.98 Å². The SMILES string of the molecule is CCC1CCCCN1c1cc(C)nc(NCCC(C)C)n1. The summed E-state index contributed by atoms with van der Waals surface area (Å²) in [6.45, 7) is 10.9. The van der Waals surface area contributed by atoms with Crippen molar-refractivity contribution in [3.05, 3.63) is 11.8 Å². The molecule has 1 N–H and O–H groups in total. The maximum atomic E-state index is 4.76. The first-order valence-corrected chi connectivity index (χ1v) is 8.46. The van der Waals surface area contributed by atoms with Crippen LogP contribution in [-0.2, 0) is 0 Å². The van der Waals surface area contributed by atoms with Gasteiger partial charge in [0.1, 0.15) is 5.82 Å². The number of aryl methyl sites for hydroxylation is 1. The van der Waals surface area contributed by atoms with Crippen molar-refractivity contribution in [1.29, 1.82) is 0 Å². The maximum absolute atomic E-state index is 4.76. The lowest BCUT2D eigenvalue weighted by atomic mass is 10.00. The summed E-state index contributed by atoms with van der Waals surface area (Å²) in [4.78, 5) is 11.8. The van der Waals surface area contributed by atoms with Crippen LogP contribution in [0, 0.1) is 12.8 Å². The number of hydrogen-bond acceptors (Lipinski definition) is 4. The third-order valence-corrected chi connectivity index (χ3v) is 4.24. The number of aromatic nitrogens is 2. The van der Waals surface area contributed by atoms with Crippen molar-refractivity contribution in [2.24, 2.45) is 5.92 Å². The van der Waals surface area contributed by atoms with Crippen molar-refractivity contribution in [1.82, 2.24) is 9.97 Å². The van der Waals surface area contributed by atoms with E-state index in [2.05, 4.69) is 49.0 Å². The summed E-state index contributed by atoms with van der Waals surface area (Å²) in [7, 11) is 0. The van der Waals surface area contributed by atoms with E-state index in [0.29, 0.717) is 12.0 Å². The zero-order valence-electron chi connectivity index (χ0n) is 14.0. The molecule has 2 rings (SSSR count). The molecule has 0 aromatic carbocycles. The Labute approximate surface area is 129 Å². The molecule has 1 saturated heterocycles. The first-order valence-electron chi connectivity index (χ1n) is 8.46. The van der Waals surface area contributed by atoms with Crippen molar-refractivity contribution < 1.29 is 0 Å². The minimum absolute atomic E-state index is 0.636. The Bertz CT molecular complexity index is 444. The smallest absolute Gasteiger partial charge is 0.224 e. The number of hydrogen-bond donors (Lipinski definition) is 1. The molecule has 0 radical (unpaired) electrons. The number of nitrogens with zero attached hydrogens (tertiary/aromatic N) is 3. The molecular weight excluding hydrogens is 260 g/mol. The summed E-state index contributed by atoms with van der Waals surface area (Å²) in [5, 5.41) is 3.38. The predicted molar refractivity (Wildman–Crippen MR) is 90.0 cm³/mol. The highest BCUT2D eigenvalue weighted by Gasteiger charge is 2.22. The summed E-state index contributed by atoms with van der Waals surface area (Å²) >= 11 is 0. The minimum atomic E-state index is 0.636. The molecule has 0 spiro atoms. The molecule has 1 aliphatic rings. The first kappa shape index (κ1) is 16.1. The van der Waals surface area contributed by atoms with E-state index < -0.39 is 0 Å². The fourth-order valence-corrected chi connectivity index (χ4v) is 2.98. The van der Waals surface area contributed by atoms with Crippen LogP contribution in [0.3, 0.4) is 0 Å². The van der Waals surface area contributed by atoms with Crippen LogP contribution in [0.2, 0.25) is 0 Å². The van der Waals surface area contributed by atoms with Gasteiger partial charge in [0.2, 0.25) is 5.95 Å². The van der Waals surface area contributed by atoms with Gasteiger partial charge in [0.05, 0.1) is 0 Å². The lowest BCUT2D eigenvalue weighted by Gasteiger charge is -2.36. The summed E-state index contributed by atoms with van der Waals surface area (Å²) < 4.78 is 0. The highest BCUT2D eigenvalue weighted by atomic mass is 15.2. The van der Waals surface area contributed by atoms with Crippen LogP contribution >= 0.6 is 0 Å². The molecule has 1 aliphatic heterocycles. The molecule has 21 heavy (non-hydrogen) atoms. The van der Waals surface area contributed by atoms with Gasteiger partial charge in [0, 0.05) is 30.9 Å². The van der Waals surface area contributed by atoms with Crippen molar-refractivity contribution >= 4 is 11.8 Å². The Morgan fingerprint density at radius 3 is 2.86 bits per heavy atom. The molecule has 0 bridgehead atoms. The molecule has 1 aromatic rings. The molecule has 4 nitrogen and oxygen atoms in total. The Balaban J connectivity index is 2.10. The molecule has 0 aliphatic carbocycles. The Morgan fingerprint density at radius 1 is 1.33 bits per heavy atom. The number of rotatable bonds is 6. The summed E-state index contributed by atoms with van der Waals surface area (Å²) in [5.74, 6) is 2.58. The van der Waals surface area contributed by atoms with E-state index in [1.165, 1.54) is 25.7 Å². The monoisotopic (exact) mass is 290 g/mol. The van der Waals surface area contributed by atoms with Gasteiger partial charge in [-0.3, -0.25) is 0 Å². The van der Waals surface area contributed by atoms with E-state index in [1.54, 1.807) is 0 Å². The van der Waals surface area contributed by atoms with E-state index >= 15 is 0 Å². The quantitative estimate of drug-likeness (QED) is 0.859. The van der Waals surface area contributed by atoms with Crippen LogP contribution < -0.4 is 10.2 Å². The van der Waals surface area contributed by atoms with Crippen molar-refractivity contribution in [2.75, 3.05) is 23.3 Å². The number of nitrogens with one attached hydrogen (secondary N) is 1. The van der Waals surface area contributed by atoms with Gasteiger partial charge in [-0.15, -0.1) is 0 Å². The molecule has 0 saturated carbocycles.